The molecule has 0 bridgehead atoms. The van der Waals surface area contributed by atoms with Crippen LogP contribution in [0.4, 0.5) is 0 Å². The summed E-state index contributed by atoms with van der Waals surface area (Å²) >= 11 is 1.64. The third-order valence-electron chi connectivity index (χ3n) is 5.11. The molecule has 2 aromatic rings. The van der Waals surface area contributed by atoms with Crippen molar-refractivity contribution in [1.82, 2.24) is 4.57 Å². The highest BCUT2D eigenvalue weighted by molar-refractivity contribution is 7.98. The molecule has 1 aromatic carbocycles. The average molecular weight is 374 g/mol. The molecule has 1 aromatic heterocycles. The number of rotatable bonds is 6. The molecule has 0 saturated heterocycles. The predicted molar refractivity (Wildman–Crippen MR) is 101 cm³/mol. The number of aryl methyl sites for hydroxylation is 1. The summed E-state index contributed by atoms with van der Waals surface area (Å²) in [6.45, 7) is 2.60. The Balaban J connectivity index is 2.14. The first-order valence-electron chi connectivity index (χ1n) is 8.47. The van der Waals surface area contributed by atoms with E-state index in [-0.39, 0.29) is 5.57 Å². The van der Waals surface area contributed by atoms with E-state index < -0.39 is 23.9 Å². The SMILES string of the molecule is CSc1ccc2c(c1)c(C(N)C(C)C(=CC(=O)O)C(=O)O)c1n2CCC1. The van der Waals surface area contributed by atoms with Crippen LogP contribution < -0.4 is 5.73 Å². The van der Waals surface area contributed by atoms with E-state index in [9.17, 15) is 14.7 Å². The number of hydrogen-bond acceptors (Lipinski definition) is 4. The fraction of sp³-hybridized carbons (Fsp3) is 0.368. The first-order valence-corrected chi connectivity index (χ1v) is 9.70. The van der Waals surface area contributed by atoms with Gasteiger partial charge in [-0.05, 0) is 42.9 Å². The van der Waals surface area contributed by atoms with E-state index in [2.05, 4.69) is 22.8 Å². The molecule has 2 atom stereocenters. The lowest BCUT2D eigenvalue weighted by atomic mass is 9.86. The summed E-state index contributed by atoms with van der Waals surface area (Å²) in [6, 6.07) is 5.66. The molecule has 26 heavy (non-hydrogen) atoms. The van der Waals surface area contributed by atoms with Crippen molar-refractivity contribution < 1.29 is 19.8 Å². The van der Waals surface area contributed by atoms with Crippen LogP contribution in [0.3, 0.4) is 0 Å². The molecule has 0 aliphatic carbocycles. The number of nitrogens with zero attached hydrogens (tertiary/aromatic N) is 1. The lowest BCUT2D eigenvalue weighted by molar-refractivity contribution is -0.135. The van der Waals surface area contributed by atoms with Gasteiger partial charge >= 0.3 is 11.9 Å². The first kappa shape index (κ1) is 18.5. The van der Waals surface area contributed by atoms with E-state index in [0.29, 0.717) is 0 Å². The van der Waals surface area contributed by atoms with Gasteiger partial charge in [-0.25, -0.2) is 9.59 Å². The summed E-state index contributed by atoms with van der Waals surface area (Å²) in [5.74, 6) is -3.16. The standard InChI is InChI=1S/C19H22N2O4S/c1-10(12(19(24)25)9-16(22)23)18(20)17-13-8-11(26-2)5-6-14(13)21-7-3-4-15(17)21/h5-6,8-10,18H,3-4,7,20H2,1-2H3,(H,22,23)(H,24,25). The van der Waals surface area contributed by atoms with Crippen molar-refractivity contribution in [2.45, 2.75) is 37.2 Å². The molecule has 4 N–H and O–H groups in total. The van der Waals surface area contributed by atoms with Crippen molar-refractivity contribution in [1.29, 1.82) is 0 Å². The van der Waals surface area contributed by atoms with E-state index in [1.54, 1.807) is 18.7 Å². The van der Waals surface area contributed by atoms with Gasteiger partial charge in [0.1, 0.15) is 0 Å². The molecular weight excluding hydrogens is 352 g/mol. The van der Waals surface area contributed by atoms with Gasteiger partial charge < -0.3 is 20.5 Å². The third kappa shape index (κ3) is 3.12. The minimum atomic E-state index is -1.28. The van der Waals surface area contributed by atoms with Gasteiger partial charge in [-0.15, -0.1) is 11.8 Å². The van der Waals surface area contributed by atoms with Crippen molar-refractivity contribution in [3.05, 3.63) is 41.1 Å². The summed E-state index contributed by atoms with van der Waals surface area (Å²) in [7, 11) is 0. The van der Waals surface area contributed by atoms with Crippen LogP contribution in [-0.4, -0.2) is 33.0 Å². The molecule has 0 fully saturated rings. The van der Waals surface area contributed by atoms with Crippen molar-refractivity contribution in [3.8, 4) is 0 Å². The Morgan fingerprint density at radius 2 is 2.08 bits per heavy atom. The van der Waals surface area contributed by atoms with Crippen LogP contribution in [0.25, 0.3) is 10.9 Å². The molecule has 2 heterocycles. The predicted octanol–water partition coefficient (Wildman–Crippen LogP) is 3.04. The Labute approximate surface area is 155 Å². The molecule has 1 aliphatic heterocycles. The smallest absolute Gasteiger partial charge is 0.332 e. The highest BCUT2D eigenvalue weighted by Gasteiger charge is 2.31. The fourth-order valence-electron chi connectivity index (χ4n) is 3.81. The van der Waals surface area contributed by atoms with Gasteiger partial charge in [0.2, 0.25) is 0 Å². The maximum Gasteiger partial charge on any atom is 0.332 e. The second-order valence-electron chi connectivity index (χ2n) is 6.56. The normalized spacial score (nSPS) is 16.5. The summed E-state index contributed by atoms with van der Waals surface area (Å²) in [6.07, 6.45) is 4.68. The van der Waals surface area contributed by atoms with Crippen molar-refractivity contribution in [3.63, 3.8) is 0 Å². The van der Waals surface area contributed by atoms with Gasteiger partial charge in [0, 0.05) is 51.6 Å². The molecule has 0 saturated carbocycles. The van der Waals surface area contributed by atoms with Crippen molar-refractivity contribution in [2.24, 2.45) is 11.7 Å². The van der Waals surface area contributed by atoms with Crippen molar-refractivity contribution in [2.75, 3.05) is 6.26 Å². The third-order valence-corrected chi connectivity index (χ3v) is 5.83. The topological polar surface area (TPSA) is 106 Å². The molecule has 0 amide bonds. The zero-order valence-electron chi connectivity index (χ0n) is 14.7. The van der Waals surface area contributed by atoms with E-state index in [1.807, 2.05) is 6.26 Å². The molecule has 7 heteroatoms. The van der Waals surface area contributed by atoms with E-state index in [4.69, 9.17) is 10.8 Å². The average Bonchev–Trinajstić information content (AvgIpc) is 3.17. The van der Waals surface area contributed by atoms with Gasteiger partial charge in [0.15, 0.2) is 0 Å². The Hall–Kier alpha value is -2.25. The number of fused-ring (bicyclic) bond motifs is 3. The molecule has 2 unspecified atom stereocenters. The molecule has 6 nitrogen and oxygen atoms in total. The van der Waals surface area contributed by atoms with Crippen LogP contribution in [0.1, 0.15) is 30.6 Å². The molecule has 138 valence electrons. The second-order valence-corrected chi connectivity index (χ2v) is 7.44. The lowest BCUT2D eigenvalue weighted by Gasteiger charge is -2.21. The van der Waals surface area contributed by atoms with E-state index in [1.165, 1.54) is 0 Å². The Morgan fingerprint density at radius 1 is 1.35 bits per heavy atom. The fourth-order valence-corrected chi connectivity index (χ4v) is 4.25. The highest BCUT2D eigenvalue weighted by atomic mass is 32.2. The van der Waals surface area contributed by atoms with Crippen LogP contribution in [0.5, 0.6) is 0 Å². The number of carbonyl (C=O) groups is 2. The minimum absolute atomic E-state index is 0.183. The summed E-state index contributed by atoms with van der Waals surface area (Å²) in [5, 5.41) is 19.5. The van der Waals surface area contributed by atoms with E-state index >= 15 is 0 Å². The maximum atomic E-state index is 11.6. The lowest BCUT2D eigenvalue weighted by Crippen LogP contribution is -2.25. The van der Waals surface area contributed by atoms with Gasteiger partial charge in [0.05, 0.1) is 0 Å². The number of aliphatic carboxylic acids is 2. The number of benzene rings is 1. The summed E-state index contributed by atoms with van der Waals surface area (Å²) in [5.41, 5.74) is 9.51. The quantitative estimate of drug-likeness (QED) is 0.530. The Kier molecular flexibility index (Phi) is 5.11. The summed E-state index contributed by atoms with van der Waals surface area (Å²) < 4.78 is 2.25. The number of hydrogen-bond donors (Lipinski definition) is 3. The Morgan fingerprint density at radius 3 is 2.69 bits per heavy atom. The molecule has 0 radical (unpaired) electrons. The number of carboxylic acid groups (broad SMARTS) is 2. The van der Waals surface area contributed by atoms with Crippen LogP contribution in [0, 0.1) is 5.92 Å². The van der Waals surface area contributed by atoms with Crippen LogP contribution in [-0.2, 0) is 22.6 Å². The zero-order valence-corrected chi connectivity index (χ0v) is 15.5. The molecule has 1 aliphatic rings. The van der Waals surface area contributed by atoms with Gasteiger partial charge in [0.25, 0.3) is 0 Å². The number of nitrogens with two attached hydrogens (primary N) is 1. The number of aromatic nitrogens is 1. The van der Waals surface area contributed by atoms with E-state index in [0.717, 1.165) is 52.5 Å². The van der Waals surface area contributed by atoms with Gasteiger partial charge in [-0.2, -0.15) is 0 Å². The molecule has 3 rings (SSSR count). The van der Waals surface area contributed by atoms with Crippen molar-refractivity contribution >= 4 is 34.6 Å². The van der Waals surface area contributed by atoms with Gasteiger partial charge in [-0.3, -0.25) is 0 Å². The maximum absolute atomic E-state index is 11.6. The Bertz CT molecular complexity index is 916. The second kappa shape index (κ2) is 7.17. The van der Waals surface area contributed by atoms with Gasteiger partial charge in [-0.1, -0.05) is 6.92 Å². The van der Waals surface area contributed by atoms with Crippen LogP contribution in [0.15, 0.2) is 34.7 Å². The number of carboxylic acids is 2. The first-order chi connectivity index (χ1) is 12.3. The molecular formula is C19H22N2O4S. The van der Waals surface area contributed by atoms with Crippen LogP contribution >= 0.6 is 11.8 Å². The largest absolute Gasteiger partial charge is 0.478 e. The highest BCUT2D eigenvalue weighted by Crippen LogP contribution is 2.39. The zero-order chi connectivity index (χ0) is 19.0. The summed E-state index contributed by atoms with van der Waals surface area (Å²) in [4.78, 5) is 23.7. The molecule has 0 spiro atoms. The van der Waals surface area contributed by atoms with Crippen LogP contribution in [0.2, 0.25) is 0 Å². The monoisotopic (exact) mass is 374 g/mol. The minimum Gasteiger partial charge on any atom is -0.478 e. The number of thioether (sulfide) groups is 1.